The van der Waals surface area contributed by atoms with Crippen LogP contribution in [-0.2, 0) is 14.2 Å². The molecule has 1 aromatic heterocycles. The van der Waals surface area contributed by atoms with Gasteiger partial charge >= 0.3 is 6.09 Å². The standard InChI is InChI=1S/C19H32N4O5/c1-13-20-11-15(21-13)17(24)23(12-16(26-5)27-6)14-7-9-22(10-8-14)18(25)28-19(2,3)4/h11,14,16H,7-10,12H2,1-6H3,(H,20,21). The Morgan fingerprint density at radius 3 is 2.36 bits per heavy atom. The monoisotopic (exact) mass is 396 g/mol. The Bertz CT molecular complexity index is 658. The number of nitrogens with one attached hydrogen (secondary N) is 1. The van der Waals surface area contributed by atoms with E-state index in [0.29, 0.717) is 44.0 Å². The van der Waals surface area contributed by atoms with Crippen molar-refractivity contribution in [3.63, 3.8) is 0 Å². The Morgan fingerprint density at radius 2 is 1.89 bits per heavy atom. The van der Waals surface area contributed by atoms with E-state index in [1.807, 2.05) is 20.8 Å². The van der Waals surface area contributed by atoms with Crippen LogP contribution in [0, 0.1) is 6.92 Å². The minimum atomic E-state index is -0.531. The number of aromatic amines is 1. The van der Waals surface area contributed by atoms with Gasteiger partial charge in [-0.1, -0.05) is 0 Å². The van der Waals surface area contributed by atoms with Gasteiger partial charge in [0.05, 0.1) is 12.7 Å². The summed E-state index contributed by atoms with van der Waals surface area (Å²) in [7, 11) is 3.09. The molecule has 0 saturated carbocycles. The fourth-order valence-electron chi connectivity index (χ4n) is 3.17. The third-order valence-corrected chi connectivity index (χ3v) is 4.62. The highest BCUT2D eigenvalue weighted by Crippen LogP contribution is 2.21. The average molecular weight is 396 g/mol. The maximum atomic E-state index is 13.1. The first-order valence-electron chi connectivity index (χ1n) is 9.50. The van der Waals surface area contributed by atoms with Crippen molar-refractivity contribution in [2.75, 3.05) is 33.9 Å². The molecule has 28 heavy (non-hydrogen) atoms. The number of hydrogen-bond acceptors (Lipinski definition) is 6. The quantitative estimate of drug-likeness (QED) is 0.740. The lowest BCUT2D eigenvalue weighted by atomic mass is 10.0. The fourth-order valence-corrected chi connectivity index (χ4v) is 3.17. The molecule has 9 heteroatoms. The Hall–Kier alpha value is -2.13. The van der Waals surface area contributed by atoms with Gasteiger partial charge in [-0.3, -0.25) is 4.79 Å². The van der Waals surface area contributed by atoms with Gasteiger partial charge in [0, 0.05) is 33.4 Å². The van der Waals surface area contributed by atoms with Gasteiger partial charge in [-0.05, 0) is 40.5 Å². The zero-order valence-electron chi connectivity index (χ0n) is 17.7. The van der Waals surface area contributed by atoms with Gasteiger partial charge in [-0.2, -0.15) is 0 Å². The molecule has 2 heterocycles. The number of imidazole rings is 1. The van der Waals surface area contributed by atoms with Crippen molar-refractivity contribution in [2.45, 2.75) is 58.5 Å². The van der Waals surface area contributed by atoms with E-state index in [2.05, 4.69) is 9.97 Å². The van der Waals surface area contributed by atoms with Crippen LogP contribution in [0.2, 0.25) is 0 Å². The summed E-state index contributed by atoms with van der Waals surface area (Å²) in [6.07, 6.45) is 1.99. The third kappa shape index (κ3) is 5.93. The van der Waals surface area contributed by atoms with Crippen LogP contribution in [-0.4, -0.2) is 83.6 Å². The van der Waals surface area contributed by atoms with Gasteiger partial charge in [0.15, 0.2) is 6.29 Å². The Labute approximate surface area is 166 Å². The number of piperidine rings is 1. The van der Waals surface area contributed by atoms with Crippen LogP contribution in [0.3, 0.4) is 0 Å². The van der Waals surface area contributed by atoms with E-state index in [1.165, 1.54) is 6.20 Å². The topological polar surface area (TPSA) is 97.0 Å². The van der Waals surface area contributed by atoms with Crippen LogP contribution in [0.1, 0.15) is 49.9 Å². The molecule has 1 saturated heterocycles. The van der Waals surface area contributed by atoms with Crippen LogP contribution in [0.15, 0.2) is 6.20 Å². The smallest absolute Gasteiger partial charge is 0.410 e. The predicted octanol–water partition coefficient (Wildman–Crippen LogP) is 2.18. The van der Waals surface area contributed by atoms with Gasteiger partial charge in [0.1, 0.15) is 17.1 Å². The van der Waals surface area contributed by atoms with Crippen LogP contribution in [0.25, 0.3) is 0 Å². The lowest BCUT2D eigenvalue weighted by molar-refractivity contribution is -0.117. The molecule has 0 bridgehead atoms. The number of ether oxygens (including phenoxy) is 3. The minimum absolute atomic E-state index is 0.0393. The summed E-state index contributed by atoms with van der Waals surface area (Å²) in [5.74, 6) is 0.522. The molecular weight excluding hydrogens is 364 g/mol. The van der Waals surface area contributed by atoms with Crippen molar-refractivity contribution < 1.29 is 23.8 Å². The predicted molar refractivity (Wildman–Crippen MR) is 103 cm³/mol. The second-order valence-corrected chi connectivity index (χ2v) is 7.94. The van der Waals surface area contributed by atoms with E-state index < -0.39 is 11.9 Å². The molecule has 1 N–H and O–H groups in total. The molecule has 1 aliphatic heterocycles. The lowest BCUT2D eigenvalue weighted by Gasteiger charge is -2.39. The van der Waals surface area contributed by atoms with E-state index in [0.717, 1.165) is 0 Å². The van der Waals surface area contributed by atoms with E-state index in [4.69, 9.17) is 14.2 Å². The zero-order chi connectivity index (χ0) is 20.9. The van der Waals surface area contributed by atoms with E-state index in [1.54, 1.807) is 30.9 Å². The average Bonchev–Trinajstić information content (AvgIpc) is 3.07. The molecule has 158 valence electrons. The maximum Gasteiger partial charge on any atom is 0.410 e. The van der Waals surface area contributed by atoms with E-state index in [-0.39, 0.29) is 18.0 Å². The molecule has 0 aliphatic carbocycles. The second kappa shape index (κ2) is 9.38. The number of hydrogen-bond donors (Lipinski definition) is 1. The first kappa shape index (κ1) is 22.2. The third-order valence-electron chi connectivity index (χ3n) is 4.62. The first-order valence-corrected chi connectivity index (χ1v) is 9.50. The highest BCUT2D eigenvalue weighted by molar-refractivity contribution is 5.92. The number of carbonyl (C=O) groups is 2. The van der Waals surface area contributed by atoms with Gasteiger partial charge in [0.25, 0.3) is 5.91 Å². The Balaban J connectivity index is 2.07. The second-order valence-electron chi connectivity index (χ2n) is 7.94. The summed E-state index contributed by atoms with van der Waals surface area (Å²) in [5, 5.41) is 0. The van der Waals surface area contributed by atoms with Crippen molar-refractivity contribution in [3.05, 3.63) is 17.7 Å². The number of aryl methyl sites for hydroxylation is 1. The van der Waals surface area contributed by atoms with Crippen LogP contribution in [0.5, 0.6) is 0 Å². The zero-order valence-corrected chi connectivity index (χ0v) is 17.7. The molecule has 1 aromatic rings. The normalized spacial score (nSPS) is 15.8. The maximum absolute atomic E-state index is 13.1. The SMILES string of the molecule is COC(CN(C(=O)c1cnc(C)[nH]1)C1CCN(C(=O)OC(C)(C)C)CC1)OC. The van der Waals surface area contributed by atoms with Crippen molar-refractivity contribution in [2.24, 2.45) is 0 Å². The van der Waals surface area contributed by atoms with E-state index in [9.17, 15) is 9.59 Å². The van der Waals surface area contributed by atoms with Gasteiger partial charge in [-0.25, -0.2) is 9.78 Å². The van der Waals surface area contributed by atoms with Crippen LogP contribution in [0.4, 0.5) is 4.79 Å². The summed E-state index contributed by atoms with van der Waals surface area (Å²) in [4.78, 5) is 35.9. The largest absolute Gasteiger partial charge is 0.444 e. The number of H-pyrrole nitrogens is 1. The molecule has 0 aromatic carbocycles. The number of nitrogens with zero attached hydrogens (tertiary/aromatic N) is 3. The highest BCUT2D eigenvalue weighted by atomic mass is 16.7. The van der Waals surface area contributed by atoms with Crippen molar-refractivity contribution in [1.82, 2.24) is 19.8 Å². The number of carbonyl (C=O) groups excluding carboxylic acids is 2. The molecular formula is C19H32N4O5. The molecule has 0 unspecified atom stereocenters. The van der Waals surface area contributed by atoms with Crippen molar-refractivity contribution >= 4 is 12.0 Å². The number of amides is 2. The molecule has 1 fully saturated rings. The molecule has 9 nitrogen and oxygen atoms in total. The summed E-state index contributed by atoms with van der Waals surface area (Å²) < 4.78 is 16.0. The molecule has 0 atom stereocenters. The molecule has 2 amide bonds. The van der Waals surface area contributed by atoms with Gasteiger partial charge < -0.3 is 29.0 Å². The first-order chi connectivity index (χ1) is 13.1. The summed E-state index contributed by atoms with van der Waals surface area (Å²) in [5.41, 5.74) is -0.100. The lowest BCUT2D eigenvalue weighted by Crippen LogP contribution is -2.51. The van der Waals surface area contributed by atoms with Crippen molar-refractivity contribution in [1.29, 1.82) is 0 Å². The Morgan fingerprint density at radius 1 is 1.29 bits per heavy atom. The minimum Gasteiger partial charge on any atom is -0.444 e. The number of rotatable bonds is 6. The molecule has 0 spiro atoms. The molecule has 1 aliphatic rings. The Kier molecular flexibility index (Phi) is 7.42. The number of aromatic nitrogens is 2. The molecule has 0 radical (unpaired) electrons. The molecule has 2 rings (SSSR count). The fraction of sp³-hybridized carbons (Fsp3) is 0.737. The van der Waals surface area contributed by atoms with Crippen LogP contribution >= 0.6 is 0 Å². The van der Waals surface area contributed by atoms with Gasteiger partial charge in [-0.15, -0.1) is 0 Å². The van der Waals surface area contributed by atoms with Crippen LogP contribution < -0.4 is 0 Å². The van der Waals surface area contributed by atoms with Gasteiger partial charge in [0.2, 0.25) is 0 Å². The highest BCUT2D eigenvalue weighted by Gasteiger charge is 2.33. The number of methoxy groups -OCH3 is 2. The van der Waals surface area contributed by atoms with E-state index >= 15 is 0 Å². The number of likely N-dealkylation sites (tertiary alicyclic amines) is 1. The van der Waals surface area contributed by atoms with Crippen molar-refractivity contribution in [3.8, 4) is 0 Å². The summed E-state index contributed by atoms with van der Waals surface area (Å²) in [6.45, 7) is 8.68. The summed E-state index contributed by atoms with van der Waals surface area (Å²) in [6, 6.07) is -0.0393. The summed E-state index contributed by atoms with van der Waals surface area (Å²) >= 11 is 0.